The quantitative estimate of drug-likeness (QED) is 0.208. The first-order chi connectivity index (χ1) is 16.7. The minimum atomic E-state index is -4.55. The average molecular weight is 503 g/mol. The fourth-order valence-electron chi connectivity index (χ4n) is 3.18. The van der Waals surface area contributed by atoms with Crippen LogP contribution in [0.3, 0.4) is 0 Å². The zero-order chi connectivity index (χ0) is 25.4. The second-order valence-corrected chi connectivity index (χ2v) is 7.83. The molecule has 0 aromatic heterocycles. The number of hydrogen-bond donors (Lipinski definition) is 1. The van der Waals surface area contributed by atoms with Crippen molar-refractivity contribution in [2.45, 2.75) is 19.2 Å². The smallest absolute Gasteiger partial charge is 0.416 e. The van der Waals surface area contributed by atoms with Crippen molar-refractivity contribution in [2.75, 3.05) is 7.11 Å². The van der Waals surface area contributed by atoms with Crippen molar-refractivity contribution in [1.29, 1.82) is 0 Å². The zero-order valence-corrected chi connectivity index (χ0v) is 19.5. The molecular weight excluding hydrogens is 481 g/mol. The van der Waals surface area contributed by atoms with Gasteiger partial charge in [-0.25, -0.2) is 5.43 Å². The number of ether oxygens (including phenoxy) is 2. The number of hydrazone groups is 1. The summed E-state index contributed by atoms with van der Waals surface area (Å²) in [5.74, 6) is 0.213. The van der Waals surface area contributed by atoms with Gasteiger partial charge in [-0.1, -0.05) is 35.9 Å². The Balaban J connectivity index is 1.76. The van der Waals surface area contributed by atoms with Gasteiger partial charge >= 0.3 is 6.18 Å². The van der Waals surface area contributed by atoms with Crippen molar-refractivity contribution in [3.63, 3.8) is 0 Å². The maximum absolute atomic E-state index is 12.9. The Morgan fingerprint density at radius 3 is 2.54 bits per heavy atom. The molecule has 0 bridgehead atoms. The van der Waals surface area contributed by atoms with Gasteiger partial charge in [-0.15, -0.1) is 6.58 Å². The predicted molar refractivity (Wildman–Crippen MR) is 129 cm³/mol. The van der Waals surface area contributed by atoms with E-state index in [9.17, 15) is 18.0 Å². The number of amides is 1. The van der Waals surface area contributed by atoms with Crippen LogP contribution in [0, 0.1) is 0 Å². The number of alkyl halides is 3. The molecule has 0 aliphatic heterocycles. The molecule has 0 radical (unpaired) electrons. The molecule has 1 amide bonds. The lowest BCUT2D eigenvalue weighted by molar-refractivity contribution is -0.137. The summed E-state index contributed by atoms with van der Waals surface area (Å²) >= 11 is 5.93. The lowest BCUT2D eigenvalue weighted by Crippen LogP contribution is -2.18. The van der Waals surface area contributed by atoms with Crippen molar-refractivity contribution >= 4 is 23.7 Å². The normalized spacial score (nSPS) is 11.3. The molecule has 0 spiro atoms. The van der Waals surface area contributed by atoms with E-state index in [1.165, 1.54) is 19.4 Å². The van der Waals surface area contributed by atoms with Crippen LogP contribution in [0.25, 0.3) is 0 Å². The van der Waals surface area contributed by atoms with E-state index in [1.54, 1.807) is 30.3 Å². The third-order valence-electron chi connectivity index (χ3n) is 4.87. The van der Waals surface area contributed by atoms with E-state index in [2.05, 4.69) is 17.1 Å². The minimum absolute atomic E-state index is 0.159. The summed E-state index contributed by atoms with van der Waals surface area (Å²) < 4.78 is 50.1. The number of nitrogens with zero attached hydrogens (tertiary/aromatic N) is 1. The lowest BCUT2D eigenvalue weighted by atomic mass is 10.1. The second kappa shape index (κ2) is 11.6. The standard InChI is InChI=1S/C26H22ClF3N2O3/c1-3-5-19-12-18(13-23(34-2)24(19)35-16-17-8-10-22(27)11-9-17)15-31-32-25(33)20-6-4-7-21(14-20)26(28,29)30/h3-4,6-15H,1,5,16H2,2H3,(H,32,33)/b31-15-. The largest absolute Gasteiger partial charge is 0.493 e. The number of hydrogen-bond acceptors (Lipinski definition) is 4. The zero-order valence-electron chi connectivity index (χ0n) is 18.7. The molecule has 1 N–H and O–H groups in total. The second-order valence-electron chi connectivity index (χ2n) is 7.40. The van der Waals surface area contributed by atoms with E-state index >= 15 is 0 Å². The number of allylic oxidation sites excluding steroid dienone is 1. The number of nitrogens with one attached hydrogen (secondary N) is 1. The topological polar surface area (TPSA) is 59.9 Å². The van der Waals surface area contributed by atoms with Crippen LogP contribution in [0.1, 0.15) is 32.6 Å². The molecule has 3 rings (SSSR count). The van der Waals surface area contributed by atoms with Gasteiger partial charge in [0.2, 0.25) is 0 Å². The fourth-order valence-corrected chi connectivity index (χ4v) is 3.31. The molecule has 3 aromatic rings. The van der Waals surface area contributed by atoms with Crippen molar-refractivity contribution < 1.29 is 27.4 Å². The van der Waals surface area contributed by atoms with Gasteiger partial charge in [0, 0.05) is 16.1 Å². The first-order valence-electron chi connectivity index (χ1n) is 10.4. The van der Waals surface area contributed by atoms with Crippen LogP contribution in [-0.2, 0) is 19.2 Å². The Kier molecular flexibility index (Phi) is 8.54. The van der Waals surface area contributed by atoms with Crippen LogP contribution in [-0.4, -0.2) is 19.2 Å². The van der Waals surface area contributed by atoms with Crippen LogP contribution in [0.15, 0.2) is 78.4 Å². The summed E-state index contributed by atoms with van der Waals surface area (Å²) in [7, 11) is 1.50. The summed E-state index contributed by atoms with van der Waals surface area (Å²) in [6.45, 7) is 4.06. The van der Waals surface area contributed by atoms with Gasteiger partial charge in [0.15, 0.2) is 11.5 Å². The van der Waals surface area contributed by atoms with Crippen molar-refractivity contribution in [2.24, 2.45) is 5.10 Å². The highest BCUT2D eigenvalue weighted by Crippen LogP contribution is 2.34. The van der Waals surface area contributed by atoms with Crippen LogP contribution < -0.4 is 14.9 Å². The van der Waals surface area contributed by atoms with Gasteiger partial charge in [0.1, 0.15) is 6.61 Å². The Hall–Kier alpha value is -3.78. The maximum Gasteiger partial charge on any atom is 0.416 e. The molecule has 5 nitrogen and oxygen atoms in total. The predicted octanol–water partition coefficient (Wildman–Crippen LogP) is 6.44. The molecule has 0 atom stereocenters. The number of halogens is 4. The number of methoxy groups -OCH3 is 1. The molecule has 0 unspecified atom stereocenters. The van der Waals surface area contributed by atoms with Crippen molar-refractivity contribution in [1.82, 2.24) is 5.43 Å². The van der Waals surface area contributed by atoms with Crippen LogP contribution >= 0.6 is 11.6 Å². The summed E-state index contributed by atoms with van der Waals surface area (Å²) in [6, 6.07) is 14.8. The van der Waals surface area contributed by atoms with Gasteiger partial charge in [-0.2, -0.15) is 18.3 Å². The summed E-state index contributed by atoms with van der Waals surface area (Å²) in [4.78, 5) is 12.2. The first kappa shape index (κ1) is 25.8. The van der Waals surface area contributed by atoms with E-state index in [0.717, 1.165) is 29.3 Å². The Morgan fingerprint density at radius 2 is 1.89 bits per heavy atom. The maximum atomic E-state index is 12.9. The van der Waals surface area contributed by atoms with Crippen LogP contribution in [0.2, 0.25) is 5.02 Å². The van der Waals surface area contributed by atoms with E-state index < -0.39 is 17.6 Å². The van der Waals surface area contributed by atoms with Crippen LogP contribution in [0.4, 0.5) is 13.2 Å². The molecule has 3 aromatic carbocycles. The summed E-state index contributed by atoms with van der Waals surface area (Å²) in [5.41, 5.74) is 3.45. The third kappa shape index (κ3) is 7.10. The Labute approximate surface area is 205 Å². The third-order valence-corrected chi connectivity index (χ3v) is 5.12. The summed E-state index contributed by atoms with van der Waals surface area (Å²) in [6.07, 6.45) is -0.997. The van der Waals surface area contributed by atoms with Gasteiger partial charge < -0.3 is 9.47 Å². The SMILES string of the molecule is C=CCc1cc(/C=N\NC(=O)c2cccc(C(F)(F)F)c2)cc(OC)c1OCc1ccc(Cl)cc1. The highest BCUT2D eigenvalue weighted by atomic mass is 35.5. The van der Waals surface area contributed by atoms with Gasteiger partial charge in [-0.3, -0.25) is 4.79 Å². The lowest BCUT2D eigenvalue weighted by Gasteiger charge is -2.16. The number of carbonyl (C=O) groups is 1. The molecular formula is C26H22ClF3N2O3. The number of carbonyl (C=O) groups excluding carboxylic acids is 1. The molecule has 0 aliphatic carbocycles. The fraction of sp³-hybridized carbons (Fsp3) is 0.154. The molecule has 0 aliphatic rings. The summed E-state index contributed by atoms with van der Waals surface area (Å²) in [5, 5.41) is 4.50. The van der Waals surface area contributed by atoms with Gasteiger partial charge in [0.05, 0.1) is 18.9 Å². The van der Waals surface area contributed by atoms with Gasteiger partial charge in [-0.05, 0) is 60.0 Å². The van der Waals surface area contributed by atoms with Crippen molar-refractivity contribution in [3.8, 4) is 11.5 Å². The highest BCUT2D eigenvalue weighted by Gasteiger charge is 2.30. The molecule has 0 fully saturated rings. The number of rotatable bonds is 9. The minimum Gasteiger partial charge on any atom is -0.493 e. The van der Waals surface area contributed by atoms with Crippen molar-refractivity contribution in [3.05, 3.63) is 106 Å². The first-order valence-corrected chi connectivity index (χ1v) is 10.8. The highest BCUT2D eigenvalue weighted by molar-refractivity contribution is 6.30. The molecule has 0 saturated heterocycles. The van der Waals surface area contributed by atoms with E-state index in [4.69, 9.17) is 21.1 Å². The molecule has 182 valence electrons. The Bertz CT molecular complexity index is 1230. The Morgan fingerprint density at radius 1 is 1.14 bits per heavy atom. The monoisotopic (exact) mass is 502 g/mol. The molecule has 0 saturated carbocycles. The van der Waals surface area contributed by atoms with E-state index in [-0.39, 0.29) is 12.2 Å². The molecule has 9 heteroatoms. The number of benzene rings is 3. The van der Waals surface area contributed by atoms with E-state index in [1.807, 2.05) is 12.1 Å². The van der Waals surface area contributed by atoms with E-state index in [0.29, 0.717) is 28.5 Å². The van der Waals surface area contributed by atoms with Crippen LogP contribution in [0.5, 0.6) is 11.5 Å². The average Bonchev–Trinajstić information content (AvgIpc) is 2.83. The molecule has 35 heavy (non-hydrogen) atoms. The molecule has 0 heterocycles. The van der Waals surface area contributed by atoms with Gasteiger partial charge in [0.25, 0.3) is 5.91 Å².